The van der Waals surface area contributed by atoms with Crippen molar-refractivity contribution in [2.75, 3.05) is 11.9 Å². The van der Waals surface area contributed by atoms with E-state index in [2.05, 4.69) is 31.9 Å². The van der Waals surface area contributed by atoms with Crippen molar-refractivity contribution in [3.63, 3.8) is 0 Å². The van der Waals surface area contributed by atoms with E-state index < -0.39 is 5.79 Å². The minimum absolute atomic E-state index is 0.141. The van der Waals surface area contributed by atoms with Gasteiger partial charge in [0.15, 0.2) is 0 Å². The van der Waals surface area contributed by atoms with Crippen LogP contribution in [0.1, 0.15) is 17.2 Å². The number of hydrogen-bond acceptors (Lipinski definition) is 2. The normalized spacial score (nSPS) is 24.6. The summed E-state index contributed by atoms with van der Waals surface area (Å²) in [7, 11) is 0. The van der Waals surface area contributed by atoms with Gasteiger partial charge >= 0.3 is 0 Å². The van der Waals surface area contributed by atoms with Gasteiger partial charge in [-0.25, -0.2) is 0 Å². The predicted octanol–water partition coefficient (Wildman–Crippen LogP) is 6.09. The molecule has 116 valence electrons. The maximum Gasteiger partial charge on any atom is 0.207 e. The van der Waals surface area contributed by atoms with Crippen molar-refractivity contribution in [2.45, 2.75) is 11.9 Å². The average Bonchev–Trinajstić information content (AvgIpc) is 2.93. The van der Waals surface area contributed by atoms with Crippen molar-refractivity contribution in [1.29, 1.82) is 0 Å². The van der Waals surface area contributed by atoms with Crippen LogP contribution in [-0.4, -0.2) is 11.9 Å². The topological polar surface area (TPSA) is 18.5 Å². The number of benzene rings is 2. The van der Waals surface area contributed by atoms with Crippen LogP contribution in [0.15, 0.2) is 46.9 Å². The monoisotopic (exact) mass is 464 g/mol. The summed E-state index contributed by atoms with van der Waals surface area (Å²) in [5.41, 5.74) is 1.84. The Bertz CT molecular complexity index is 678. The summed E-state index contributed by atoms with van der Waals surface area (Å²) < 4.78 is 13.2. The molecule has 1 aliphatic rings. The molecular formula is C16H12Br2Cl2O2. The molecule has 0 radical (unpaired) electrons. The summed E-state index contributed by atoms with van der Waals surface area (Å²) in [6.07, 6.45) is -0.141. The second kappa shape index (κ2) is 6.80. The molecule has 22 heavy (non-hydrogen) atoms. The molecule has 0 bridgehead atoms. The molecule has 0 unspecified atom stereocenters. The van der Waals surface area contributed by atoms with Gasteiger partial charge in [-0.3, -0.25) is 0 Å². The predicted molar refractivity (Wildman–Crippen MR) is 95.9 cm³/mol. The smallest absolute Gasteiger partial charge is 0.207 e. The average molecular weight is 467 g/mol. The number of hydrogen-bond donors (Lipinski definition) is 0. The van der Waals surface area contributed by atoms with E-state index in [0.717, 1.165) is 15.6 Å². The molecule has 1 fully saturated rings. The summed E-state index contributed by atoms with van der Waals surface area (Å²) in [5, 5.41) is 1.60. The van der Waals surface area contributed by atoms with Gasteiger partial charge < -0.3 is 9.47 Å². The van der Waals surface area contributed by atoms with Crippen LogP contribution < -0.4 is 0 Å². The zero-order valence-corrected chi connectivity index (χ0v) is 16.0. The largest absolute Gasteiger partial charge is 0.342 e. The molecule has 2 aromatic carbocycles. The Morgan fingerprint density at radius 2 is 1.86 bits per heavy atom. The van der Waals surface area contributed by atoms with Crippen LogP contribution in [0.2, 0.25) is 10.0 Å². The SMILES string of the molecule is Clc1ccc([C@]2(CBr)OC[C@@H](c3ccc(Br)cc3)O2)c(Cl)c1. The highest BCUT2D eigenvalue weighted by Crippen LogP contribution is 2.44. The van der Waals surface area contributed by atoms with Gasteiger partial charge in [-0.1, -0.05) is 73.3 Å². The van der Waals surface area contributed by atoms with E-state index in [1.165, 1.54) is 0 Å². The highest BCUT2D eigenvalue weighted by Gasteiger charge is 2.44. The maximum atomic E-state index is 6.32. The van der Waals surface area contributed by atoms with Crippen LogP contribution in [0.5, 0.6) is 0 Å². The fraction of sp³-hybridized carbons (Fsp3) is 0.250. The fourth-order valence-electron chi connectivity index (χ4n) is 2.43. The third-order valence-corrected chi connectivity index (χ3v) is 5.37. The lowest BCUT2D eigenvalue weighted by atomic mass is 10.1. The van der Waals surface area contributed by atoms with E-state index in [-0.39, 0.29) is 6.10 Å². The molecule has 2 nitrogen and oxygen atoms in total. The van der Waals surface area contributed by atoms with E-state index in [1.54, 1.807) is 12.1 Å². The molecular weight excluding hydrogens is 455 g/mol. The van der Waals surface area contributed by atoms with E-state index in [9.17, 15) is 0 Å². The summed E-state index contributed by atoms with van der Waals surface area (Å²) in [6.45, 7) is 0.464. The van der Waals surface area contributed by atoms with E-state index in [0.29, 0.717) is 22.0 Å². The summed E-state index contributed by atoms with van der Waals surface area (Å²) in [5.74, 6) is -0.903. The van der Waals surface area contributed by atoms with E-state index >= 15 is 0 Å². The first-order valence-electron chi connectivity index (χ1n) is 6.63. The molecule has 3 rings (SSSR count). The Balaban J connectivity index is 1.91. The molecule has 0 N–H and O–H groups in total. The van der Waals surface area contributed by atoms with Gasteiger partial charge in [0.05, 0.1) is 17.0 Å². The standard InChI is InChI=1S/C16H12Br2Cl2O2/c17-9-16(13-6-5-12(19)7-14(13)20)21-8-15(22-16)10-1-3-11(18)4-2-10/h1-7,15H,8-9H2/t15-,16+/m0/s1. The molecule has 1 heterocycles. The van der Waals surface area contributed by atoms with Gasteiger partial charge in [-0.15, -0.1) is 0 Å². The number of halogens is 4. The van der Waals surface area contributed by atoms with Gasteiger partial charge in [0, 0.05) is 15.1 Å². The van der Waals surface area contributed by atoms with Crippen molar-refractivity contribution in [3.8, 4) is 0 Å². The van der Waals surface area contributed by atoms with Crippen LogP contribution >= 0.6 is 55.1 Å². The van der Waals surface area contributed by atoms with Crippen molar-refractivity contribution < 1.29 is 9.47 Å². The van der Waals surface area contributed by atoms with Gasteiger partial charge in [-0.2, -0.15) is 0 Å². The van der Waals surface area contributed by atoms with Crippen molar-refractivity contribution >= 4 is 55.1 Å². The fourth-order valence-corrected chi connectivity index (χ4v) is 3.84. The van der Waals surface area contributed by atoms with Crippen molar-refractivity contribution in [3.05, 3.63) is 68.1 Å². The maximum absolute atomic E-state index is 6.32. The van der Waals surface area contributed by atoms with Crippen molar-refractivity contribution in [1.82, 2.24) is 0 Å². The second-order valence-electron chi connectivity index (χ2n) is 4.98. The lowest BCUT2D eigenvalue weighted by Crippen LogP contribution is -2.29. The highest BCUT2D eigenvalue weighted by atomic mass is 79.9. The quantitative estimate of drug-likeness (QED) is 0.509. The van der Waals surface area contributed by atoms with Gasteiger partial charge in [0.2, 0.25) is 5.79 Å². The molecule has 6 heteroatoms. The highest BCUT2D eigenvalue weighted by molar-refractivity contribution is 9.10. The van der Waals surface area contributed by atoms with Crippen LogP contribution in [-0.2, 0) is 15.3 Å². The lowest BCUT2D eigenvalue weighted by Gasteiger charge is -2.27. The first-order chi connectivity index (χ1) is 10.5. The van der Waals surface area contributed by atoms with Gasteiger partial charge in [0.1, 0.15) is 6.10 Å². The molecule has 2 aromatic rings. The number of ether oxygens (including phenoxy) is 2. The minimum atomic E-state index is -0.903. The Labute approximate surface area is 156 Å². The minimum Gasteiger partial charge on any atom is -0.342 e. The first-order valence-corrected chi connectivity index (χ1v) is 9.30. The molecule has 0 amide bonds. The molecule has 0 saturated carbocycles. The Kier molecular flexibility index (Phi) is 5.17. The molecule has 0 spiro atoms. The van der Waals surface area contributed by atoms with Crippen LogP contribution in [0.25, 0.3) is 0 Å². The summed E-state index contributed by atoms with van der Waals surface area (Å²) in [4.78, 5) is 0. The second-order valence-corrected chi connectivity index (χ2v) is 7.30. The molecule has 2 atom stereocenters. The van der Waals surface area contributed by atoms with Crippen molar-refractivity contribution in [2.24, 2.45) is 0 Å². The lowest BCUT2D eigenvalue weighted by molar-refractivity contribution is -0.157. The molecule has 0 aliphatic carbocycles. The van der Waals surface area contributed by atoms with Crippen LogP contribution in [0.4, 0.5) is 0 Å². The number of rotatable bonds is 3. The van der Waals surface area contributed by atoms with Crippen LogP contribution in [0, 0.1) is 0 Å². The Morgan fingerprint density at radius 3 is 2.50 bits per heavy atom. The van der Waals surface area contributed by atoms with E-state index in [4.69, 9.17) is 32.7 Å². The summed E-state index contributed by atoms with van der Waals surface area (Å²) in [6, 6.07) is 13.3. The Morgan fingerprint density at radius 1 is 1.14 bits per heavy atom. The molecule has 1 saturated heterocycles. The van der Waals surface area contributed by atoms with Gasteiger partial charge in [-0.05, 0) is 29.8 Å². The van der Waals surface area contributed by atoms with E-state index in [1.807, 2.05) is 30.3 Å². The summed E-state index contributed by atoms with van der Waals surface area (Å²) >= 11 is 19.2. The zero-order chi connectivity index (χ0) is 15.7. The Hall–Kier alpha value is -0.100. The van der Waals surface area contributed by atoms with Gasteiger partial charge in [0.25, 0.3) is 0 Å². The molecule has 0 aromatic heterocycles. The first kappa shape index (κ1) is 16.7. The number of alkyl halides is 1. The van der Waals surface area contributed by atoms with Crippen LogP contribution in [0.3, 0.4) is 0 Å². The third-order valence-electron chi connectivity index (χ3n) is 3.56. The zero-order valence-electron chi connectivity index (χ0n) is 11.4. The third kappa shape index (κ3) is 3.23. The molecule has 1 aliphatic heterocycles.